The Morgan fingerprint density at radius 2 is 2.33 bits per heavy atom. The highest BCUT2D eigenvalue weighted by molar-refractivity contribution is 7.32. The van der Waals surface area contributed by atoms with Gasteiger partial charge in [-0.3, -0.25) is 4.57 Å². The van der Waals surface area contributed by atoms with E-state index in [4.69, 9.17) is 15.4 Å². The highest BCUT2D eigenvalue weighted by Crippen LogP contribution is 2.32. The number of nitrogen functional groups attached to an aromatic ring is 1. The Balaban J connectivity index is 1.82. The molecule has 4 N–H and O–H groups in total. The number of hydrogen-bond donors (Lipinski definition) is 3. The fourth-order valence-electron chi connectivity index (χ4n) is 2.29. The van der Waals surface area contributed by atoms with Crippen molar-refractivity contribution >= 4 is 25.2 Å². The Morgan fingerprint density at radius 3 is 3.10 bits per heavy atom. The molecule has 3 rings (SSSR count). The van der Waals surface area contributed by atoms with Gasteiger partial charge in [0.05, 0.1) is 12.4 Å². The van der Waals surface area contributed by atoms with E-state index in [1.54, 1.807) is 4.57 Å². The van der Waals surface area contributed by atoms with Crippen LogP contribution in [-0.2, 0) is 13.8 Å². The smallest absolute Gasteiger partial charge is 0.388 e. The van der Waals surface area contributed by atoms with Gasteiger partial charge in [-0.05, 0) is 0 Å². The van der Waals surface area contributed by atoms with Gasteiger partial charge in [0.25, 0.3) is 0 Å². The van der Waals surface area contributed by atoms with Crippen molar-refractivity contribution in [3.63, 3.8) is 0 Å². The second kappa shape index (κ2) is 5.58. The van der Waals surface area contributed by atoms with Gasteiger partial charge in [-0.1, -0.05) is 0 Å². The molecule has 11 heteroatoms. The van der Waals surface area contributed by atoms with Crippen LogP contribution in [0, 0.1) is 0 Å². The first-order chi connectivity index (χ1) is 10.1. The first-order valence-corrected chi connectivity index (χ1v) is 7.25. The molecule has 0 spiro atoms. The molecule has 0 aliphatic carbocycles. The second-order valence-corrected chi connectivity index (χ2v) is 5.30. The van der Waals surface area contributed by atoms with Crippen molar-refractivity contribution in [3.8, 4) is 0 Å². The minimum Gasteiger partial charge on any atom is -0.388 e. The summed E-state index contributed by atoms with van der Waals surface area (Å²) in [4.78, 5) is 20.6. The average Bonchev–Trinajstić information content (AvgIpc) is 3.01. The van der Waals surface area contributed by atoms with Crippen LogP contribution in [0.1, 0.15) is 12.6 Å². The van der Waals surface area contributed by atoms with Crippen LogP contribution in [0.5, 0.6) is 0 Å². The Hall–Kier alpha value is -1.71. The van der Waals surface area contributed by atoms with Crippen LogP contribution in [0.15, 0.2) is 12.7 Å². The number of nitrogens with zero attached hydrogens (tertiary/aromatic N) is 4. The lowest BCUT2D eigenvalue weighted by atomic mass is 10.2. The zero-order chi connectivity index (χ0) is 15.0. The molecule has 21 heavy (non-hydrogen) atoms. The summed E-state index contributed by atoms with van der Waals surface area (Å²) in [5.74, 6) is 0.239. The first-order valence-electron chi connectivity index (χ1n) is 6.12. The molecular formula is C10H13N5O5P+. The second-order valence-electron chi connectivity index (χ2n) is 4.57. The fraction of sp³-hybridized carbons (Fsp3) is 0.500. The van der Waals surface area contributed by atoms with Gasteiger partial charge >= 0.3 is 8.25 Å². The number of imidazole rings is 1. The molecule has 3 heterocycles. The number of fused-ring (bicyclic) bond motifs is 1. The molecule has 1 fully saturated rings. The molecule has 4 atom stereocenters. The molecule has 10 nitrogen and oxygen atoms in total. The van der Waals surface area contributed by atoms with E-state index >= 15 is 0 Å². The molecule has 2 aromatic rings. The molecule has 0 bridgehead atoms. The van der Waals surface area contributed by atoms with E-state index < -0.39 is 26.7 Å². The van der Waals surface area contributed by atoms with E-state index in [0.29, 0.717) is 11.2 Å². The number of ether oxygens (including phenoxy) is 1. The van der Waals surface area contributed by atoms with Crippen LogP contribution in [0.4, 0.5) is 5.82 Å². The Bertz CT molecular complexity index is 679. The van der Waals surface area contributed by atoms with Crippen molar-refractivity contribution in [1.29, 1.82) is 0 Å². The molecular weight excluding hydrogens is 301 g/mol. The van der Waals surface area contributed by atoms with E-state index in [-0.39, 0.29) is 18.8 Å². The van der Waals surface area contributed by atoms with Crippen LogP contribution in [0.2, 0.25) is 0 Å². The van der Waals surface area contributed by atoms with E-state index in [0.717, 1.165) is 0 Å². The molecule has 1 aliphatic rings. The molecule has 2 aromatic heterocycles. The number of hydrogen-bond acceptors (Lipinski definition) is 8. The third-order valence-corrected chi connectivity index (χ3v) is 3.57. The fourth-order valence-corrected chi connectivity index (χ4v) is 2.58. The van der Waals surface area contributed by atoms with Gasteiger partial charge in [0.1, 0.15) is 24.6 Å². The third-order valence-electron chi connectivity index (χ3n) is 3.20. The lowest BCUT2D eigenvalue weighted by molar-refractivity contribution is -0.0459. The number of aliphatic hydroxyl groups excluding tert-OH is 1. The van der Waals surface area contributed by atoms with Gasteiger partial charge in [0.15, 0.2) is 17.7 Å². The highest BCUT2D eigenvalue weighted by atomic mass is 31.1. The monoisotopic (exact) mass is 314 g/mol. The Morgan fingerprint density at radius 1 is 1.52 bits per heavy atom. The van der Waals surface area contributed by atoms with E-state index in [1.165, 1.54) is 12.7 Å². The molecule has 112 valence electrons. The first kappa shape index (κ1) is 14.2. The van der Waals surface area contributed by atoms with E-state index in [2.05, 4.69) is 19.5 Å². The number of nitrogens with two attached hydrogens (primary N) is 1. The largest absolute Gasteiger partial charge is 0.694 e. The SMILES string of the molecule is Nc1ncnc2c1ncn2[C@@H]1O[C@H](CO[P+](=O)O)C[C@H]1O. The standard InChI is InChI=1S/C10H12N5O5P/c11-8-7-9(13-3-12-8)15(4-14-7)10-6(16)1-5(20-10)2-19-21(17)18/h3-6,10,16H,1-2H2,(H2-,11,12,13,17,18)/p+1/t5-,6+,10+/m0/s1. The van der Waals surface area contributed by atoms with Crippen molar-refractivity contribution in [2.75, 3.05) is 12.3 Å². The van der Waals surface area contributed by atoms with Gasteiger partial charge in [-0.2, -0.15) is 0 Å². The maximum absolute atomic E-state index is 10.5. The van der Waals surface area contributed by atoms with Gasteiger partial charge in [-0.25, -0.2) is 15.0 Å². The minimum absolute atomic E-state index is 0.0803. The quantitative estimate of drug-likeness (QED) is 0.648. The molecule has 0 radical (unpaired) electrons. The molecule has 0 amide bonds. The lowest BCUT2D eigenvalue weighted by Crippen LogP contribution is -2.19. The Labute approximate surface area is 119 Å². The van der Waals surface area contributed by atoms with Crippen LogP contribution in [-0.4, -0.2) is 48.3 Å². The zero-order valence-electron chi connectivity index (χ0n) is 10.7. The van der Waals surface area contributed by atoms with Crippen molar-refractivity contribution in [2.45, 2.75) is 24.9 Å². The molecule has 0 saturated carbocycles. The van der Waals surface area contributed by atoms with E-state index in [9.17, 15) is 9.67 Å². The van der Waals surface area contributed by atoms with Crippen molar-refractivity contribution < 1.29 is 23.8 Å². The number of anilines is 1. The lowest BCUT2D eigenvalue weighted by Gasteiger charge is -2.16. The van der Waals surface area contributed by atoms with Crippen LogP contribution in [0.25, 0.3) is 11.2 Å². The van der Waals surface area contributed by atoms with Gasteiger partial charge in [-0.15, -0.1) is 9.42 Å². The minimum atomic E-state index is -2.69. The topological polar surface area (TPSA) is 146 Å². The van der Waals surface area contributed by atoms with Crippen molar-refractivity contribution in [3.05, 3.63) is 12.7 Å². The average molecular weight is 314 g/mol. The number of aliphatic hydroxyl groups is 1. The summed E-state index contributed by atoms with van der Waals surface area (Å²) in [7, 11) is -2.69. The summed E-state index contributed by atoms with van der Waals surface area (Å²) >= 11 is 0. The van der Waals surface area contributed by atoms with Crippen LogP contribution < -0.4 is 5.73 Å². The van der Waals surface area contributed by atoms with Gasteiger partial charge in [0.2, 0.25) is 0 Å². The number of rotatable bonds is 4. The summed E-state index contributed by atoms with van der Waals surface area (Å²) < 4.78 is 22.3. The maximum atomic E-state index is 10.5. The predicted molar refractivity (Wildman–Crippen MR) is 70.0 cm³/mol. The van der Waals surface area contributed by atoms with E-state index in [1.807, 2.05) is 0 Å². The maximum Gasteiger partial charge on any atom is 0.694 e. The molecule has 1 unspecified atom stereocenters. The summed E-state index contributed by atoms with van der Waals surface area (Å²) in [6, 6.07) is 0. The zero-order valence-corrected chi connectivity index (χ0v) is 11.6. The number of aromatic nitrogens is 4. The Kier molecular flexibility index (Phi) is 3.79. The third kappa shape index (κ3) is 2.71. The normalized spacial score (nSPS) is 26.4. The summed E-state index contributed by atoms with van der Waals surface area (Å²) in [6.07, 6.45) is 1.01. The van der Waals surface area contributed by atoms with Crippen molar-refractivity contribution in [2.24, 2.45) is 0 Å². The molecule has 0 aromatic carbocycles. The van der Waals surface area contributed by atoms with Crippen LogP contribution >= 0.6 is 8.25 Å². The summed E-state index contributed by atoms with van der Waals surface area (Å²) in [5.41, 5.74) is 6.57. The van der Waals surface area contributed by atoms with Gasteiger partial charge < -0.3 is 15.6 Å². The summed E-state index contributed by atoms with van der Waals surface area (Å²) in [5, 5.41) is 10.1. The van der Waals surface area contributed by atoms with Crippen molar-refractivity contribution in [1.82, 2.24) is 19.5 Å². The summed E-state index contributed by atoms with van der Waals surface area (Å²) in [6.45, 7) is -0.0803. The molecule has 1 saturated heterocycles. The predicted octanol–water partition coefficient (Wildman–Crippen LogP) is -0.277. The highest BCUT2D eigenvalue weighted by Gasteiger charge is 2.37. The van der Waals surface area contributed by atoms with Gasteiger partial charge in [0, 0.05) is 11.0 Å². The molecule has 1 aliphatic heterocycles. The van der Waals surface area contributed by atoms with Crippen LogP contribution in [0.3, 0.4) is 0 Å².